The minimum Gasteiger partial charge on any atom is -0.493 e. The van der Waals surface area contributed by atoms with Crippen LogP contribution in [0.5, 0.6) is 5.75 Å². The molecule has 1 atom stereocenters. The van der Waals surface area contributed by atoms with Gasteiger partial charge in [-0.05, 0) is 25.3 Å². The predicted molar refractivity (Wildman–Crippen MR) is 78.7 cm³/mol. The van der Waals surface area contributed by atoms with E-state index < -0.39 is 0 Å². The van der Waals surface area contributed by atoms with Gasteiger partial charge in [0.25, 0.3) is 0 Å². The van der Waals surface area contributed by atoms with Crippen molar-refractivity contribution in [3.05, 3.63) is 47.3 Å². The molecule has 1 aliphatic rings. The maximum atomic E-state index is 5.91. The second kappa shape index (κ2) is 5.67. The highest BCUT2D eigenvalue weighted by molar-refractivity contribution is 5.43. The minimum absolute atomic E-state index is 0.354. The summed E-state index contributed by atoms with van der Waals surface area (Å²) in [6, 6.07) is 6.76. The van der Waals surface area contributed by atoms with Crippen LogP contribution in [0.1, 0.15) is 35.6 Å². The predicted octanol–water partition coefficient (Wildman–Crippen LogP) is 2.73. The smallest absolute Gasteiger partial charge is 0.126 e. The molecule has 0 fully saturated rings. The Morgan fingerprint density at radius 3 is 3.15 bits per heavy atom. The summed E-state index contributed by atoms with van der Waals surface area (Å²) in [5.74, 6) is 1.06. The maximum Gasteiger partial charge on any atom is 0.126 e. The molecular weight excluding hydrogens is 250 g/mol. The van der Waals surface area contributed by atoms with Gasteiger partial charge in [0.1, 0.15) is 5.75 Å². The Balaban J connectivity index is 1.78. The highest BCUT2D eigenvalue weighted by Gasteiger charge is 2.20. The molecule has 0 spiro atoms. The van der Waals surface area contributed by atoms with Gasteiger partial charge in [0, 0.05) is 37.0 Å². The molecular formula is C16H21N3O. The second-order valence-corrected chi connectivity index (χ2v) is 5.44. The van der Waals surface area contributed by atoms with E-state index in [9.17, 15) is 0 Å². The average molecular weight is 271 g/mol. The van der Waals surface area contributed by atoms with Crippen molar-refractivity contribution >= 4 is 0 Å². The van der Waals surface area contributed by atoms with E-state index in [2.05, 4.69) is 41.7 Å². The molecule has 4 nitrogen and oxygen atoms in total. The van der Waals surface area contributed by atoms with Gasteiger partial charge in [-0.15, -0.1) is 0 Å². The summed E-state index contributed by atoms with van der Waals surface area (Å²) in [7, 11) is 1.95. The Morgan fingerprint density at radius 2 is 2.35 bits per heavy atom. The molecule has 0 bridgehead atoms. The van der Waals surface area contributed by atoms with E-state index in [1.165, 1.54) is 16.7 Å². The monoisotopic (exact) mass is 271 g/mol. The zero-order valence-electron chi connectivity index (χ0n) is 12.1. The topological polar surface area (TPSA) is 39.1 Å². The molecule has 1 unspecified atom stereocenters. The van der Waals surface area contributed by atoms with Crippen LogP contribution in [0, 0.1) is 6.92 Å². The number of rotatable bonds is 3. The number of nitrogens with zero attached hydrogens (tertiary/aromatic N) is 2. The van der Waals surface area contributed by atoms with Crippen molar-refractivity contribution in [1.82, 2.24) is 15.1 Å². The molecule has 1 aromatic heterocycles. The molecule has 0 amide bonds. The van der Waals surface area contributed by atoms with E-state index in [-0.39, 0.29) is 0 Å². The maximum absolute atomic E-state index is 5.91. The molecule has 0 saturated carbocycles. The van der Waals surface area contributed by atoms with Gasteiger partial charge in [-0.2, -0.15) is 5.10 Å². The molecule has 3 rings (SSSR count). The Bertz CT molecular complexity index is 591. The summed E-state index contributed by atoms with van der Waals surface area (Å²) in [5, 5.41) is 7.85. The van der Waals surface area contributed by atoms with Gasteiger partial charge >= 0.3 is 0 Å². The Morgan fingerprint density at radius 1 is 1.45 bits per heavy atom. The zero-order valence-corrected chi connectivity index (χ0v) is 12.1. The number of hydrogen-bond acceptors (Lipinski definition) is 3. The van der Waals surface area contributed by atoms with Gasteiger partial charge in [0.2, 0.25) is 0 Å². The van der Waals surface area contributed by atoms with E-state index >= 15 is 0 Å². The normalized spacial score (nSPS) is 18.2. The fraction of sp³-hybridized carbons (Fsp3) is 0.438. The average Bonchev–Trinajstić information content (AvgIpc) is 2.73. The van der Waals surface area contributed by atoms with Gasteiger partial charge in [-0.1, -0.05) is 18.2 Å². The third-order valence-corrected chi connectivity index (χ3v) is 3.81. The number of fused-ring (bicyclic) bond motifs is 1. The van der Waals surface area contributed by atoms with E-state index in [1.54, 1.807) is 0 Å². The Kier molecular flexibility index (Phi) is 3.74. The van der Waals surface area contributed by atoms with Gasteiger partial charge in [0.15, 0.2) is 0 Å². The lowest BCUT2D eigenvalue weighted by Crippen LogP contribution is -2.20. The lowest BCUT2D eigenvalue weighted by molar-refractivity contribution is 0.313. The quantitative estimate of drug-likeness (QED) is 0.933. The van der Waals surface area contributed by atoms with E-state index in [0.29, 0.717) is 6.04 Å². The summed E-state index contributed by atoms with van der Waals surface area (Å²) in [5.41, 5.74) is 3.72. The Hall–Kier alpha value is -1.81. The number of aryl methyl sites for hydroxylation is 2. The lowest BCUT2D eigenvalue weighted by atomic mass is 9.99. The first-order valence-electron chi connectivity index (χ1n) is 7.17. The molecule has 20 heavy (non-hydrogen) atoms. The Labute approximate surface area is 119 Å². The van der Waals surface area contributed by atoms with Crippen LogP contribution < -0.4 is 10.1 Å². The summed E-state index contributed by atoms with van der Waals surface area (Å²) in [6.45, 7) is 3.76. The fourth-order valence-electron chi connectivity index (χ4n) is 2.78. The molecule has 4 heteroatoms. The number of ether oxygens (including phenoxy) is 1. The molecule has 106 valence electrons. The van der Waals surface area contributed by atoms with Crippen LogP contribution in [-0.2, 0) is 13.6 Å². The molecule has 0 radical (unpaired) electrons. The number of para-hydroxylation sites is 1. The van der Waals surface area contributed by atoms with Crippen LogP contribution in [0.4, 0.5) is 0 Å². The molecule has 1 aromatic carbocycles. The first-order valence-corrected chi connectivity index (χ1v) is 7.17. The molecule has 2 aromatic rings. The van der Waals surface area contributed by atoms with E-state index in [4.69, 9.17) is 4.74 Å². The molecule has 2 heterocycles. The summed E-state index contributed by atoms with van der Waals surface area (Å²) in [4.78, 5) is 0. The minimum atomic E-state index is 0.354. The third kappa shape index (κ3) is 2.70. The zero-order chi connectivity index (χ0) is 13.9. The van der Waals surface area contributed by atoms with Crippen molar-refractivity contribution in [2.45, 2.75) is 32.4 Å². The van der Waals surface area contributed by atoms with Crippen molar-refractivity contribution < 1.29 is 4.74 Å². The number of benzene rings is 1. The van der Waals surface area contributed by atoms with Crippen LogP contribution in [-0.4, -0.2) is 16.4 Å². The van der Waals surface area contributed by atoms with E-state index in [1.807, 2.05) is 17.9 Å². The van der Waals surface area contributed by atoms with Crippen molar-refractivity contribution in [2.75, 3.05) is 6.61 Å². The lowest BCUT2D eigenvalue weighted by Gasteiger charge is -2.19. The van der Waals surface area contributed by atoms with Crippen molar-refractivity contribution in [3.8, 4) is 5.75 Å². The number of aromatic nitrogens is 2. The highest BCUT2D eigenvalue weighted by atomic mass is 16.5. The van der Waals surface area contributed by atoms with Crippen LogP contribution in [0.15, 0.2) is 30.6 Å². The fourth-order valence-corrected chi connectivity index (χ4v) is 2.78. The molecule has 1 N–H and O–H groups in total. The summed E-state index contributed by atoms with van der Waals surface area (Å²) in [6.07, 6.45) is 6.16. The van der Waals surface area contributed by atoms with Crippen LogP contribution in [0.2, 0.25) is 0 Å². The highest BCUT2D eigenvalue weighted by Crippen LogP contribution is 2.34. The van der Waals surface area contributed by atoms with Crippen LogP contribution in [0.25, 0.3) is 0 Å². The molecule has 0 aliphatic carbocycles. The number of nitrogens with one attached hydrogen (secondary N) is 1. The molecule has 1 aliphatic heterocycles. The second-order valence-electron chi connectivity index (χ2n) is 5.44. The van der Waals surface area contributed by atoms with Gasteiger partial charge in [0.05, 0.1) is 12.8 Å². The summed E-state index contributed by atoms with van der Waals surface area (Å²) < 4.78 is 7.75. The first kappa shape index (κ1) is 13.2. The molecule has 0 saturated heterocycles. The largest absolute Gasteiger partial charge is 0.493 e. The van der Waals surface area contributed by atoms with Crippen LogP contribution in [0.3, 0.4) is 0 Å². The standard InChI is InChI=1S/C16H21N3O/c1-12-5-3-6-14-15(7-4-8-20-16(12)14)17-9-13-10-18-19(2)11-13/h3,5-6,10-11,15,17H,4,7-9H2,1-2H3. The van der Waals surface area contributed by atoms with Gasteiger partial charge < -0.3 is 10.1 Å². The van der Waals surface area contributed by atoms with Crippen molar-refractivity contribution in [1.29, 1.82) is 0 Å². The van der Waals surface area contributed by atoms with Crippen LogP contribution >= 0.6 is 0 Å². The van der Waals surface area contributed by atoms with Gasteiger partial charge in [-0.3, -0.25) is 4.68 Å². The van der Waals surface area contributed by atoms with Gasteiger partial charge in [-0.25, -0.2) is 0 Å². The first-order chi connectivity index (χ1) is 9.74. The van der Waals surface area contributed by atoms with Crippen molar-refractivity contribution in [3.63, 3.8) is 0 Å². The van der Waals surface area contributed by atoms with E-state index in [0.717, 1.165) is 31.7 Å². The SMILES string of the molecule is Cc1cccc2c1OCCCC2NCc1cnn(C)c1. The number of hydrogen-bond donors (Lipinski definition) is 1. The summed E-state index contributed by atoms with van der Waals surface area (Å²) >= 11 is 0. The van der Waals surface area contributed by atoms with Crippen molar-refractivity contribution in [2.24, 2.45) is 7.05 Å². The third-order valence-electron chi connectivity index (χ3n) is 3.81.